The maximum absolute atomic E-state index is 12.2. The van der Waals surface area contributed by atoms with E-state index >= 15 is 0 Å². The van der Waals surface area contributed by atoms with E-state index in [1.807, 2.05) is 25.1 Å². The first-order valence-electron chi connectivity index (χ1n) is 9.78. The molecule has 1 fully saturated rings. The highest BCUT2D eigenvalue weighted by Crippen LogP contribution is 2.22. The van der Waals surface area contributed by atoms with E-state index < -0.39 is 0 Å². The van der Waals surface area contributed by atoms with Gasteiger partial charge in [0.1, 0.15) is 0 Å². The van der Waals surface area contributed by atoms with E-state index in [2.05, 4.69) is 32.8 Å². The van der Waals surface area contributed by atoms with Crippen molar-refractivity contribution >= 4 is 29.2 Å². The van der Waals surface area contributed by atoms with Gasteiger partial charge in [0, 0.05) is 49.9 Å². The van der Waals surface area contributed by atoms with Crippen LogP contribution in [0, 0.1) is 6.92 Å². The molecule has 27 heavy (non-hydrogen) atoms. The second-order valence-electron chi connectivity index (χ2n) is 6.97. The lowest BCUT2D eigenvalue weighted by Crippen LogP contribution is -2.49. The lowest BCUT2D eigenvalue weighted by molar-refractivity contribution is -0.116. The molecule has 0 saturated carbocycles. The summed E-state index contributed by atoms with van der Waals surface area (Å²) in [7, 11) is 1.76. The Hall–Kier alpha value is -1.79. The van der Waals surface area contributed by atoms with Crippen LogP contribution in [0.25, 0.3) is 0 Å². The van der Waals surface area contributed by atoms with Gasteiger partial charge >= 0.3 is 0 Å². The molecular formula is C20H32ClN5O. The number of anilines is 1. The van der Waals surface area contributed by atoms with E-state index in [0.29, 0.717) is 24.0 Å². The summed E-state index contributed by atoms with van der Waals surface area (Å²) >= 11 is 6.09. The molecule has 0 aliphatic carbocycles. The van der Waals surface area contributed by atoms with Crippen LogP contribution in [0.4, 0.5) is 5.69 Å². The average molecular weight is 394 g/mol. The van der Waals surface area contributed by atoms with Crippen molar-refractivity contribution in [1.82, 2.24) is 15.5 Å². The smallest absolute Gasteiger partial charge is 0.226 e. The topological polar surface area (TPSA) is 68.8 Å². The molecule has 1 amide bonds. The van der Waals surface area contributed by atoms with Crippen molar-refractivity contribution < 1.29 is 4.79 Å². The lowest BCUT2D eigenvalue weighted by atomic mass is 10.1. The van der Waals surface area contributed by atoms with Gasteiger partial charge in [-0.2, -0.15) is 0 Å². The summed E-state index contributed by atoms with van der Waals surface area (Å²) in [5.74, 6) is 0.715. The molecule has 3 N–H and O–H groups in total. The predicted molar refractivity (Wildman–Crippen MR) is 114 cm³/mol. The SMILES string of the molecule is CCCN1CCC(NC(=NC)NCCC(=O)Nc2cccc(Cl)c2C)CC1. The molecule has 0 atom stereocenters. The minimum atomic E-state index is -0.0452. The average Bonchev–Trinajstić information content (AvgIpc) is 2.66. The van der Waals surface area contributed by atoms with Crippen LogP contribution in [0.1, 0.15) is 38.2 Å². The number of aliphatic imine (C=N–C) groups is 1. The second-order valence-corrected chi connectivity index (χ2v) is 7.38. The summed E-state index contributed by atoms with van der Waals surface area (Å²) in [4.78, 5) is 19.0. The number of rotatable bonds is 7. The molecule has 1 heterocycles. The van der Waals surface area contributed by atoms with Gasteiger partial charge in [-0.15, -0.1) is 0 Å². The highest BCUT2D eigenvalue weighted by atomic mass is 35.5. The minimum Gasteiger partial charge on any atom is -0.356 e. The number of nitrogens with zero attached hydrogens (tertiary/aromatic N) is 2. The first-order valence-corrected chi connectivity index (χ1v) is 10.2. The molecule has 1 aromatic carbocycles. The summed E-state index contributed by atoms with van der Waals surface area (Å²) in [5, 5.41) is 10.3. The van der Waals surface area contributed by atoms with Gasteiger partial charge in [-0.05, 0) is 50.4 Å². The van der Waals surface area contributed by atoms with E-state index in [4.69, 9.17) is 11.6 Å². The third-order valence-electron chi connectivity index (χ3n) is 4.88. The highest BCUT2D eigenvalue weighted by Gasteiger charge is 2.19. The molecule has 2 rings (SSSR count). The van der Waals surface area contributed by atoms with Crippen LogP contribution in [-0.2, 0) is 4.79 Å². The molecule has 1 aliphatic rings. The van der Waals surface area contributed by atoms with Crippen molar-refractivity contribution in [3.8, 4) is 0 Å². The number of amides is 1. The highest BCUT2D eigenvalue weighted by molar-refractivity contribution is 6.31. The van der Waals surface area contributed by atoms with Gasteiger partial charge in [0.2, 0.25) is 5.91 Å². The summed E-state index contributed by atoms with van der Waals surface area (Å²) in [6.45, 7) is 8.09. The van der Waals surface area contributed by atoms with E-state index in [1.165, 1.54) is 13.0 Å². The maximum atomic E-state index is 12.2. The third kappa shape index (κ3) is 7.03. The van der Waals surface area contributed by atoms with Gasteiger partial charge in [-0.3, -0.25) is 9.79 Å². The third-order valence-corrected chi connectivity index (χ3v) is 5.29. The zero-order chi connectivity index (χ0) is 19.6. The summed E-state index contributed by atoms with van der Waals surface area (Å²) < 4.78 is 0. The Morgan fingerprint density at radius 1 is 1.33 bits per heavy atom. The predicted octanol–water partition coefficient (Wildman–Crippen LogP) is 3.02. The number of guanidine groups is 1. The Balaban J connectivity index is 1.70. The van der Waals surface area contributed by atoms with Crippen LogP contribution in [0.3, 0.4) is 0 Å². The van der Waals surface area contributed by atoms with Crippen molar-refractivity contribution in [1.29, 1.82) is 0 Å². The molecule has 1 saturated heterocycles. The molecule has 0 radical (unpaired) electrons. The van der Waals surface area contributed by atoms with Gasteiger partial charge < -0.3 is 20.9 Å². The molecule has 1 aliphatic heterocycles. The van der Waals surface area contributed by atoms with Crippen LogP contribution >= 0.6 is 11.6 Å². The van der Waals surface area contributed by atoms with E-state index in [9.17, 15) is 4.79 Å². The number of nitrogens with one attached hydrogen (secondary N) is 3. The summed E-state index contributed by atoms with van der Waals surface area (Å²) in [5.41, 5.74) is 1.64. The number of carbonyl (C=O) groups is 1. The molecule has 150 valence electrons. The molecule has 0 bridgehead atoms. The van der Waals surface area contributed by atoms with Gasteiger partial charge in [0.05, 0.1) is 0 Å². The summed E-state index contributed by atoms with van der Waals surface area (Å²) in [6, 6.07) is 5.95. The minimum absolute atomic E-state index is 0.0452. The van der Waals surface area contributed by atoms with Gasteiger partial charge in [-0.25, -0.2) is 0 Å². The molecule has 1 aromatic rings. The Kier molecular flexibility index (Phi) is 8.88. The Bertz CT molecular complexity index is 641. The Morgan fingerprint density at radius 3 is 2.74 bits per heavy atom. The molecule has 0 aromatic heterocycles. The lowest BCUT2D eigenvalue weighted by Gasteiger charge is -2.32. The number of hydrogen-bond acceptors (Lipinski definition) is 3. The Labute approximate surface area is 167 Å². The Morgan fingerprint density at radius 2 is 2.07 bits per heavy atom. The van der Waals surface area contributed by atoms with Crippen LogP contribution in [0.5, 0.6) is 0 Å². The van der Waals surface area contributed by atoms with Gasteiger partial charge in [0.15, 0.2) is 5.96 Å². The number of carbonyl (C=O) groups excluding carboxylic acids is 1. The number of hydrogen-bond donors (Lipinski definition) is 3. The largest absolute Gasteiger partial charge is 0.356 e. The quantitative estimate of drug-likeness (QED) is 0.492. The maximum Gasteiger partial charge on any atom is 0.226 e. The monoisotopic (exact) mass is 393 g/mol. The fourth-order valence-electron chi connectivity index (χ4n) is 3.26. The molecule has 6 nitrogen and oxygen atoms in total. The fourth-order valence-corrected chi connectivity index (χ4v) is 3.43. The van der Waals surface area contributed by atoms with Crippen molar-refractivity contribution in [2.45, 2.75) is 45.6 Å². The molecular weight excluding hydrogens is 362 g/mol. The van der Waals surface area contributed by atoms with Crippen LogP contribution in [0.2, 0.25) is 5.02 Å². The number of piperidine rings is 1. The van der Waals surface area contributed by atoms with Crippen LogP contribution in [-0.4, -0.2) is 56.0 Å². The first kappa shape index (κ1) is 21.5. The van der Waals surface area contributed by atoms with Crippen LogP contribution < -0.4 is 16.0 Å². The normalized spacial score (nSPS) is 16.2. The number of halogens is 1. The summed E-state index contributed by atoms with van der Waals surface area (Å²) in [6.07, 6.45) is 3.81. The molecule has 0 unspecified atom stereocenters. The van der Waals surface area contributed by atoms with Crippen molar-refractivity contribution in [2.75, 3.05) is 38.5 Å². The zero-order valence-corrected chi connectivity index (χ0v) is 17.4. The van der Waals surface area contributed by atoms with Crippen molar-refractivity contribution in [3.63, 3.8) is 0 Å². The standard InChI is InChI=1S/C20H32ClN5O/c1-4-12-26-13-9-16(10-14-26)24-20(22-3)23-11-8-19(27)25-18-7-5-6-17(21)15(18)2/h5-7,16H,4,8-14H2,1-3H3,(H,25,27)(H2,22,23,24). The van der Waals surface area contributed by atoms with Gasteiger partial charge in [0.25, 0.3) is 0 Å². The number of benzene rings is 1. The second kappa shape index (κ2) is 11.1. The van der Waals surface area contributed by atoms with Crippen molar-refractivity contribution in [2.24, 2.45) is 4.99 Å². The van der Waals surface area contributed by atoms with Crippen LogP contribution in [0.15, 0.2) is 23.2 Å². The van der Waals surface area contributed by atoms with Gasteiger partial charge in [-0.1, -0.05) is 24.6 Å². The zero-order valence-electron chi connectivity index (χ0n) is 16.6. The number of likely N-dealkylation sites (tertiary alicyclic amines) is 1. The molecule has 0 spiro atoms. The first-order chi connectivity index (χ1) is 13.0. The molecule has 7 heteroatoms. The van der Waals surface area contributed by atoms with E-state index in [1.54, 1.807) is 7.05 Å². The van der Waals surface area contributed by atoms with E-state index in [-0.39, 0.29) is 5.91 Å². The van der Waals surface area contributed by atoms with Crippen molar-refractivity contribution in [3.05, 3.63) is 28.8 Å². The van der Waals surface area contributed by atoms with E-state index in [0.717, 1.165) is 43.1 Å². The fraction of sp³-hybridized carbons (Fsp3) is 0.600.